The second kappa shape index (κ2) is 26.2. The van der Waals surface area contributed by atoms with Crippen molar-refractivity contribution in [1.82, 2.24) is 5.32 Å². The Balaban J connectivity index is 2.59. The van der Waals surface area contributed by atoms with Gasteiger partial charge in [-0.05, 0) is 12.8 Å². The average Bonchev–Trinajstić information content (AvgIpc) is 3.04. The summed E-state index contributed by atoms with van der Waals surface area (Å²) in [5, 5.41) is 63.6. The summed E-state index contributed by atoms with van der Waals surface area (Å²) in [4.78, 5) is 23.1. The summed E-state index contributed by atoms with van der Waals surface area (Å²) in [5.41, 5.74) is 0. The third-order valence-electron chi connectivity index (χ3n) is 9.17. The van der Waals surface area contributed by atoms with E-state index in [0.29, 0.717) is 19.3 Å². The van der Waals surface area contributed by atoms with Crippen LogP contribution in [0, 0.1) is 0 Å². The molecule has 1 saturated carbocycles. The van der Waals surface area contributed by atoms with Crippen molar-refractivity contribution in [2.45, 2.75) is 204 Å². The van der Waals surface area contributed by atoms with Crippen LogP contribution in [-0.2, 0) is 18.4 Å². The second-order valence-electron chi connectivity index (χ2n) is 13.4. The van der Waals surface area contributed by atoms with Gasteiger partial charge in [-0.1, -0.05) is 136 Å². The maximum Gasteiger partial charge on any atom is 0.472 e. The Morgan fingerprint density at radius 1 is 0.638 bits per heavy atom. The molecule has 1 amide bonds. The highest BCUT2D eigenvalue weighted by atomic mass is 31.2. The first-order chi connectivity index (χ1) is 22.4. The van der Waals surface area contributed by atoms with Gasteiger partial charge in [-0.15, -0.1) is 0 Å². The van der Waals surface area contributed by atoms with Crippen LogP contribution < -0.4 is 5.32 Å². The molecule has 0 bridgehead atoms. The molecule has 8 N–H and O–H groups in total. The zero-order chi connectivity index (χ0) is 35.1. The number of hydrogen-bond acceptors (Lipinski definition) is 10. The fraction of sp³-hybridized carbons (Fsp3) is 0.971. The summed E-state index contributed by atoms with van der Waals surface area (Å²) in [7, 11) is -5.03. The highest BCUT2D eigenvalue weighted by Gasteiger charge is 2.51. The fourth-order valence-electron chi connectivity index (χ4n) is 6.02. The van der Waals surface area contributed by atoms with Gasteiger partial charge >= 0.3 is 7.82 Å². The molecule has 1 aliphatic carbocycles. The van der Waals surface area contributed by atoms with Crippen molar-refractivity contribution in [2.24, 2.45) is 0 Å². The lowest BCUT2D eigenvalue weighted by Gasteiger charge is -2.41. The number of rotatable bonds is 29. The van der Waals surface area contributed by atoms with Crippen LogP contribution >= 0.6 is 7.82 Å². The molecule has 0 spiro atoms. The highest BCUT2D eigenvalue weighted by Crippen LogP contribution is 2.47. The van der Waals surface area contributed by atoms with Gasteiger partial charge in [0.05, 0.1) is 18.8 Å². The molecule has 0 aromatic rings. The summed E-state index contributed by atoms with van der Waals surface area (Å²) in [6.07, 6.45) is 10.3. The summed E-state index contributed by atoms with van der Waals surface area (Å²) >= 11 is 0. The lowest BCUT2D eigenvalue weighted by Crippen LogP contribution is -2.64. The van der Waals surface area contributed by atoms with E-state index in [1.54, 1.807) is 0 Å². The maximum absolute atomic E-state index is 12.8. The van der Waals surface area contributed by atoms with Crippen LogP contribution in [0.3, 0.4) is 0 Å². The van der Waals surface area contributed by atoms with Crippen molar-refractivity contribution in [2.75, 3.05) is 6.61 Å². The summed E-state index contributed by atoms with van der Waals surface area (Å²) < 4.78 is 22.7. The molecule has 0 saturated heterocycles. The zero-order valence-corrected chi connectivity index (χ0v) is 30.0. The molecular formula is C34H68NO11P. The minimum atomic E-state index is -5.03. The number of hydrogen-bond donors (Lipinski definition) is 8. The standard InChI is InChI=1S/C34H68NO11P/c1-3-5-7-9-11-13-14-16-18-20-22-24-28(37)35-26(27(36)23-21-19-17-15-12-10-8-6-4-2)25-45-47(43,44)46-34-32(41)30(39)29(38)31(40)33(34)42/h26-27,29-34,36,38-42H,3-25H2,1-2H3,(H,35,37)(H,43,44)/t26-,27+,29?,30+,31?,32?,33?,34?/m0/s1. The van der Waals surface area contributed by atoms with Crippen LogP contribution in [0.1, 0.15) is 155 Å². The molecule has 6 unspecified atom stereocenters. The van der Waals surface area contributed by atoms with Gasteiger partial charge in [-0.25, -0.2) is 4.57 Å². The lowest BCUT2D eigenvalue weighted by atomic mass is 9.85. The number of nitrogens with one attached hydrogen (secondary N) is 1. The van der Waals surface area contributed by atoms with E-state index in [9.17, 15) is 44.9 Å². The predicted molar refractivity (Wildman–Crippen MR) is 182 cm³/mol. The Morgan fingerprint density at radius 2 is 1.02 bits per heavy atom. The zero-order valence-electron chi connectivity index (χ0n) is 29.1. The van der Waals surface area contributed by atoms with Crippen molar-refractivity contribution in [3.63, 3.8) is 0 Å². The molecule has 0 aliphatic heterocycles. The normalized spacial score (nSPS) is 25.7. The average molecular weight is 698 g/mol. The lowest BCUT2D eigenvalue weighted by molar-refractivity contribution is -0.220. The molecule has 13 heteroatoms. The number of phosphoric ester groups is 1. The maximum atomic E-state index is 12.8. The van der Waals surface area contributed by atoms with E-state index in [-0.39, 0.29) is 12.3 Å². The molecule has 0 heterocycles. The Labute approximate surface area is 283 Å². The summed E-state index contributed by atoms with van der Waals surface area (Å²) in [6, 6.07) is -1.02. The van der Waals surface area contributed by atoms with Gasteiger partial charge in [0.2, 0.25) is 5.91 Å². The van der Waals surface area contributed by atoms with Crippen LogP contribution in [0.25, 0.3) is 0 Å². The SMILES string of the molecule is CCCCCCCCCCCCCC(=O)N[C@@H](COP(=O)(O)OC1C(O)C(O)C(O)[C@@H](O)C1O)[C@H](O)CCCCCCCCCCC. The number of amides is 1. The first-order valence-corrected chi connectivity index (χ1v) is 20.0. The number of phosphoric acid groups is 1. The van der Waals surface area contributed by atoms with E-state index in [4.69, 9.17) is 9.05 Å². The van der Waals surface area contributed by atoms with Crippen molar-refractivity contribution >= 4 is 13.7 Å². The fourth-order valence-corrected chi connectivity index (χ4v) is 6.99. The van der Waals surface area contributed by atoms with Crippen LogP contribution in [0.2, 0.25) is 0 Å². The van der Waals surface area contributed by atoms with E-state index in [1.165, 1.54) is 77.0 Å². The number of aliphatic hydroxyl groups excluding tert-OH is 6. The first kappa shape index (κ1) is 44.4. The summed E-state index contributed by atoms with van der Waals surface area (Å²) in [5.74, 6) is -0.312. The monoisotopic (exact) mass is 697 g/mol. The minimum Gasteiger partial charge on any atom is -0.391 e. The Hall–Kier alpha value is -0.660. The van der Waals surface area contributed by atoms with Crippen molar-refractivity contribution in [3.05, 3.63) is 0 Å². The topological polar surface area (TPSA) is 206 Å². The van der Waals surface area contributed by atoms with E-state index < -0.39 is 63.2 Å². The predicted octanol–water partition coefficient (Wildman–Crippen LogP) is 4.77. The molecule has 1 rings (SSSR count). The van der Waals surface area contributed by atoms with Gasteiger partial charge in [0.1, 0.15) is 36.6 Å². The van der Waals surface area contributed by atoms with Crippen LogP contribution in [-0.4, -0.2) is 96.8 Å². The van der Waals surface area contributed by atoms with Crippen molar-refractivity contribution in [1.29, 1.82) is 0 Å². The van der Waals surface area contributed by atoms with E-state index in [1.807, 2.05) is 0 Å². The molecule has 9 atom stereocenters. The molecule has 0 aromatic carbocycles. The Bertz CT molecular complexity index is 822. The molecule has 280 valence electrons. The number of carbonyl (C=O) groups excluding carboxylic acids is 1. The van der Waals surface area contributed by atoms with E-state index in [2.05, 4.69) is 19.2 Å². The van der Waals surface area contributed by atoms with Gasteiger partial charge in [0.15, 0.2) is 0 Å². The van der Waals surface area contributed by atoms with Crippen LogP contribution in [0.4, 0.5) is 0 Å². The molecule has 1 fully saturated rings. The minimum absolute atomic E-state index is 0.240. The van der Waals surface area contributed by atoms with E-state index in [0.717, 1.165) is 38.5 Å². The van der Waals surface area contributed by atoms with Gasteiger partial charge in [0.25, 0.3) is 0 Å². The molecule has 0 aromatic heterocycles. The van der Waals surface area contributed by atoms with E-state index >= 15 is 0 Å². The van der Waals surface area contributed by atoms with Crippen molar-refractivity contribution in [3.8, 4) is 0 Å². The van der Waals surface area contributed by atoms with Crippen molar-refractivity contribution < 1.29 is 53.9 Å². The Morgan fingerprint density at radius 3 is 1.47 bits per heavy atom. The quantitative estimate of drug-likeness (QED) is 0.0395. The summed E-state index contributed by atoms with van der Waals surface area (Å²) in [6.45, 7) is 3.80. The molecule has 12 nitrogen and oxygen atoms in total. The molecular weight excluding hydrogens is 629 g/mol. The van der Waals surface area contributed by atoms with Gasteiger partial charge in [0, 0.05) is 6.42 Å². The second-order valence-corrected chi connectivity index (χ2v) is 14.8. The largest absolute Gasteiger partial charge is 0.472 e. The van der Waals surface area contributed by atoms with Crippen LogP contribution in [0.5, 0.6) is 0 Å². The third-order valence-corrected chi connectivity index (χ3v) is 10.2. The number of aliphatic hydroxyl groups is 6. The molecule has 0 radical (unpaired) electrons. The third kappa shape index (κ3) is 19.4. The highest BCUT2D eigenvalue weighted by molar-refractivity contribution is 7.47. The molecule has 47 heavy (non-hydrogen) atoms. The van der Waals surface area contributed by atoms with Crippen LogP contribution in [0.15, 0.2) is 0 Å². The Kier molecular flexibility index (Phi) is 24.7. The smallest absolute Gasteiger partial charge is 0.391 e. The molecule has 1 aliphatic rings. The number of carbonyl (C=O) groups is 1. The number of unbranched alkanes of at least 4 members (excludes halogenated alkanes) is 18. The van der Waals surface area contributed by atoms with Gasteiger partial charge in [-0.2, -0.15) is 0 Å². The van der Waals surface area contributed by atoms with Gasteiger partial charge in [-0.3, -0.25) is 13.8 Å². The first-order valence-electron chi connectivity index (χ1n) is 18.5. The van der Waals surface area contributed by atoms with Gasteiger partial charge < -0.3 is 40.8 Å².